The van der Waals surface area contributed by atoms with E-state index in [1.165, 1.54) is 19.9 Å². The Hall–Kier alpha value is -1.86. The van der Waals surface area contributed by atoms with Gasteiger partial charge in [-0.1, -0.05) is 23.7 Å². The summed E-state index contributed by atoms with van der Waals surface area (Å²) in [4.78, 5) is 24.5. The molecule has 0 saturated heterocycles. The van der Waals surface area contributed by atoms with Gasteiger partial charge in [-0.25, -0.2) is 0 Å². The van der Waals surface area contributed by atoms with Crippen LogP contribution in [0.25, 0.3) is 0 Å². The summed E-state index contributed by atoms with van der Waals surface area (Å²) in [6.07, 6.45) is 0. The number of ether oxygens (including phenoxy) is 1. The second-order valence-electron chi connectivity index (χ2n) is 4.89. The van der Waals surface area contributed by atoms with E-state index in [4.69, 9.17) is 16.3 Å². The molecule has 0 fully saturated rings. The molecule has 0 radical (unpaired) electrons. The maximum absolute atomic E-state index is 12.5. The molecule has 0 spiro atoms. The van der Waals surface area contributed by atoms with E-state index in [1.54, 1.807) is 25.1 Å². The number of carbonyl (C=O) groups is 2. The third-order valence-electron chi connectivity index (χ3n) is 2.90. The van der Waals surface area contributed by atoms with Crippen LogP contribution in [-0.2, 0) is 9.53 Å². The molecule has 0 amide bonds. The highest BCUT2D eigenvalue weighted by molar-refractivity contribution is 6.31. The molecule has 106 valence electrons. The molecule has 1 unspecified atom stereocenters. The zero-order chi connectivity index (χ0) is 15.3. The molecule has 1 atom stereocenters. The quantitative estimate of drug-likeness (QED) is 0.475. The van der Waals surface area contributed by atoms with Gasteiger partial charge in [0.05, 0.1) is 18.1 Å². The largest absolute Gasteiger partial charge is 0.465 e. The maximum atomic E-state index is 12.5. The Bertz CT molecular complexity index is 560. The van der Waals surface area contributed by atoms with Crippen LogP contribution in [0.3, 0.4) is 0 Å². The summed E-state index contributed by atoms with van der Waals surface area (Å²) in [5.41, 5.74) is -0.870. The fraction of sp³-hybridized carbons (Fsp3) is 0.400. The van der Waals surface area contributed by atoms with Crippen molar-refractivity contribution in [2.45, 2.75) is 20.8 Å². The van der Waals surface area contributed by atoms with Crippen LogP contribution in [0.5, 0.6) is 0 Å². The Labute approximate surface area is 123 Å². The Morgan fingerprint density at radius 1 is 1.45 bits per heavy atom. The highest BCUT2D eigenvalue weighted by Gasteiger charge is 2.42. The third kappa shape index (κ3) is 3.58. The van der Waals surface area contributed by atoms with Gasteiger partial charge in [-0.2, -0.15) is 5.26 Å². The summed E-state index contributed by atoms with van der Waals surface area (Å²) in [5.74, 6) is -2.33. The van der Waals surface area contributed by atoms with Crippen molar-refractivity contribution in [1.82, 2.24) is 0 Å². The van der Waals surface area contributed by atoms with Gasteiger partial charge in [0.25, 0.3) is 0 Å². The smallest absolute Gasteiger partial charge is 0.318 e. The number of benzene rings is 1. The zero-order valence-corrected chi connectivity index (χ0v) is 12.4. The summed E-state index contributed by atoms with van der Waals surface area (Å²) in [7, 11) is 0. The van der Waals surface area contributed by atoms with Crippen molar-refractivity contribution in [3.05, 3.63) is 34.9 Å². The molecular formula is C15H16ClNO3. The van der Waals surface area contributed by atoms with E-state index in [0.29, 0.717) is 10.6 Å². The molecular weight excluding hydrogens is 278 g/mol. The predicted octanol–water partition coefficient (Wildman–Crippen LogP) is 3.25. The summed E-state index contributed by atoms with van der Waals surface area (Å²) in [5, 5.41) is 9.59. The van der Waals surface area contributed by atoms with Crippen LogP contribution >= 0.6 is 11.6 Å². The lowest BCUT2D eigenvalue weighted by Crippen LogP contribution is -2.38. The topological polar surface area (TPSA) is 67.2 Å². The van der Waals surface area contributed by atoms with Gasteiger partial charge in [-0.3, -0.25) is 9.59 Å². The minimum absolute atomic E-state index is 0.152. The van der Waals surface area contributed by atoms with Gasteiger partial charge in [0, 0.05) is 10.6 Å². The van der Waals surface area contributed by atoms with Gasteiger partial charge >= 0.3 is 5.97 Å². The lowest BCUT2D eigenvalue weighted by atomic mass is 9.76. The number of nitriles is 1. The first kappa shape index (κ1) is 16.2. The van der Waals surface area contributed by atoms with Crippen LogP contribution in [0.15, 0.2) is 24.3 Å². The van der Waals surface area contributed by atoms with E-state index < -0.39 is 23.1 Å². The molecule has 0 aliphatic heterocycles. The maximum Gasteiger partial charge on any atom is 0.318 e. The standard InChI is InChI=1S/C15H16ClNO3/c1-4-20-14(19)12(15(2,3)9-17)13(18)10-6-5-7-11(16)8-10/h5-8,12H,4H2,1-3H3. The first-order chi connectivity index (χ1) is 9.33. The molecule has 0 aliphatic carbocycles. The highest BCUT2D eigenvalue weighted by Crippen LogP contribution is 2.31. The van der Waals surface area contributed by atoms with Crippen LogP contribution in [0.1, 0.15) is 31.1 Å². The van der Waals surface area contributed by atoms with Gasteiger partial charge < -0.3 is 4.74 Å². The molecule has 5 heteroatoms. The Morgan fingerprint density at radius 2 is 2.10 bits per heavy atom. The summed E-state index contributed by atoms with van der Waals surface area (Å²) in [6.45, 7) is 4.88. The van der Waals surface area contributed by atoms with E-state index in [9.17, 15) is 14.9 Å². The van der Waals surface area contributed by atoms with Crippen LogP contribution in [0.2, 0.25) is 5.02 Å². The Kier molecular flexibility index (Phi) is 5.29. The molecule has 0 heterocycles. The Morgan fingerprint density at radius 3 is 2.60 bits per heavy atom. The van der Waals surface area contributed by atoms with Crippen molar-refractivity contribution < 1.29 is 14.3 Å². The minimum atomic E-state index is -1.18. The zero-order valence-electron chi connectivity index (χ0n) is 11.6. The summed E-state index contributed by atoms with van der Waals surface area (Å²) in [6, 6.07) is 8.28. The van der Waals surface area contributed by atoms with Crippen molar-refractivity contribution in [2.24, 2.45) is 11.3 Å². The SMILES string of the molecule is CCOC(=O)C(C(=O)c1cccc(Cl)c1)C(C)(C)C#N. The third-order valence-corrected chi connectivity index (χ3v) is 3.14. The first-order valence-corrected chi connectivity index (χ1v) is 6.59. The molecule has 1 aromatic rings. The van der Waals surface area contributed by atoms with Crippen LogP contribution in [0.4, 0.5) is 0 Å². The monoisotopic (exact) mass is 293 g/mol. The molecule has 1 rings (SSSR count). The lowest BCUT2D eigenvalue weighted by Gasteiger charge is -2.25. The van der Waals surface area contributed by atoms with E-state index in [0.717, 1.165) is 0 Å². The number of nitrogens with zero attached hydrogens (tertiary/aromatic N) is 1. The number of hydrogen-bond acceptors (Lipinski definition) is 4. The van der Waals surface area contributed by atoms with Crippen molar-refractivity contribution in [3.8, 4) is 6.07 Å². The van der Waals surface area contributed by atoms with E-state index in [1.807, 2.05) is 6.07 Å². The number of hydrogen-bond donors (Lipinski definition) is 0. The highest BCUT2D eigenvalue weighted by atomic mass is 35.5. The molecule has 20 heavy (non-hydrogen) atoms. The number of esters is 1. The minimum Gasteiger partial charge on any atom is -0.465 e. The van der Waals surface area contributed by atoms with Crippen molar-refractivity contribution in [3.63, 3.8) is 0 Å². The van der Waals surface area contributed by atoms with Crippen LogP contribution in [0, 0.1) is 22.7 Å². The van der Waals surface area contributed by atoms with E-state index >= 15 is 0 Å². The first-order valence-electron chi connectivity index (χ1n) is 6.21. The number of rotatable bonds is 5. The summed E-state index contributed by atoms with van der Waals surface area (Å²) < 4.78 is 4.92. The predicted molar refractivity (Wildman–Crippen MR) is 75.3 cm³/mol. The van der Waals surface area contributed by atoms with E-state index in [2.05, 4.69) is 0 Å². The molecule has 1 aromatic carbocycles. The lowest BCUT2D eigenvalue weighted by molar-refractivity contribution is -0.148. The molecule has 0 saturated carbocycles. The van der Waals surface area contributed by atoms with E-state index in [-0.39, 0.29) is 6.61 Å². The molecule has 0 aromatic heterocycles. The second-order valence-corrected chi connectivity index (χ2v) is 5.33. The number of carbonyl (C=O) groups excluding carboxylic acids is 2. The van der Waals surface area contributed by atoms with Crippen LogP contribution < -0.4 is 0 Å². The number of halogens is 1. The van der Waals surface area contributed by atoms with Gasteiger partial charge in [-0.05, 0) is 32.9 Å². The molecule has 0 N–H and O–H groups in total. The Balaban J connectivity index is 3.21. The molecule has 4 nitrogen and oxygen atoms in total. The van der Waals surface area contributed by atoms with Gasteiger partial charge in [0.15, 0.2) is 5.78 Å². The normalized spacial score (nSPS) is 12.3. The van der Waals surface area contributed by atoms with Crippen molar-refractivity contribution in [1.29, 1.82) is 5.26 Å². The van der Waals surface area contributed by atoms with Gasteiger partial charge in [0.2, 0.25) is 0 Å². The average Bonchev–Trinajstić information content (AvgIpc) is 2.39. The fourth-order valence-corrected chi connectivity index (χ4v) is 2.02. The van der Waals surface area contributed by atoms with Crippen molar-refractivity contribution in [2.75, 3.05) is 6.61 Å². The average molecular weight is 294 g/mol. The van der Waals surface area contributed by atoms with Crippen LogP contribution in [-0.4, -0.2) is 18.4 Å². The second kappa shape index (κ2) is 6.53. The number of Topliss-reactive ketones (excluding diaryl/α,β-unsaturated/α-hetero) is 1. The summed E-state index contributed by atoms with van der Waals surface area (Å²) >= 11 is 5.85. The van der Waals surface area contributed by atoms with Gasteiger partial charge in [0.1, 0.15) is 5.92 Å². The van der Waals surface area contributed by atoms with Crippen molar-refractivity contribution >= 4 is 23.4 Å². The molecule has 0 aliphatic rings. The fourth-order valence-electron chi connectivity index (χ4n) is 1.83. The number of ketones is 1. The molecule has 0 bridgehead atoms. The van der Waals surface area contributed by atoms with Gasteiger partial charge in [-0.15, -0.1) is 0 Å².